The number of rotatable bonds is 7. The maximum Gasteiger partial charge on any atom is 0.256 e. The number of nitrogens with one attached hydrogen (secondary N) is 2. The Morgan fingerprint density at radius 3 is 2.41 bits per heavy atom. The van der Waals surface area contributed by atoms with Crippen LogP contribution in [0.5, 0.6) is 0 Å². The van der Waals surface area contributed by atoms with E-state index in [-0.39, 0.29) is 23.5 Å². The van der Waals surface area contributed by atoms with Crippen LogP contribution in [0.1, 0.15) is 31.8 Å². The lowest BCUT2D eigenvalue weighted by Gasteiger charge is -2.27. The van der Waals surface area contributed by atoms with Crippen molar-refractivity contribution in [2.45, 2.75) is 18.2 Å². The molecule has 3 aromatic carbocycles. The van der Waals surface area contributed by atoms with Gasteiger partial charge in [0.1, 0.15) is 0 Å². The summed E-state index contributed by atoms with van der Waals surface area (Å²) in [5.41, 5.74) is 5.17. The minimum absolute atomic E-state index is 0.0965. The first-order chi connectivity index (χ1) is 18.9. The summed E-state index contributed by atoms with van der Waals surface area (Å²) in [7, 11) is 0. The molecular weight excluding hydrogens is 532 g/mol. The Kier molecular flexibility index (Phi) is 8.25. The van der Waals surface area contributed by atoms with Gasteiger partial charge in [0.15, 0.2) is 4.34 Å². The highest BCUT2D eigenvalue weighted by molar-refractivity contribution is 8.01. The van der Waals surface area contributed by atoms with Crippen LogP contribution in [0.25, 0.3) is 10.2 Å². The molecular formula is C29H28N4O4S2. The highest BCUT2D eigenvalue weighted by atomic mass is 32.2. The Labute approximate surface area is 234 Å². The summed E-state index contributed by atoms with van der Waals surface area (Å²) in [5.74, 6) is -0.385. The average molecular weight is 561 g/mol. The van der Waals surface area contributed by atoms with E-state index < -0.39 is 0 Å². The van der Waals surface area contributed by atoms with Crippen LogP contribution in [-0.4, -0.2) is 59.7 Å². The molecule has 0 unspecified atom stereocenters. The number of anilines is 2. The minimum Gasteiger partial charge on any atom is -0.378 e. The summed E-state index contributed by atoms with van der Waals surface area (Å²) in [5, 5.41) is 5.85. The second-order valence-corrected chi connectivity index (χ2v) is 11.5. The molecule has 1 aromatic heterocycles. The van der Waals surface area contributed by atoms with E-state index >= 15 is 0 Å². The standard InChI is InChI=1S/C29H28N4O4S2/c1-18-7-8-20(15-19(18)2)30-26(34)17-38-29-32-24-10-9-21(16-25(24)39-29)31-27(35)22-5-3-4-6-23(22)28(36)33-11-13-37-14-12-33/h3-10,15-16H,11-14,17H2,1-2H3,(H,30,34)(H,31,35). The molecule has 1 fully saturated rings. The largest absolute Gasteiger partial charge is 0.378 e. The topological polar surface area (TPSA) is 101 Å². The molecule has 0 atom stereocenters. The number of thioether (sulfide) groups is 1. The summed E-state index contributed by atoms with van der Waals surface area (Å²) in [6, 6.07) is 18.2. The van der Waals surface area contributed by atoms with Gasteiger partial charge < -0.3 is 20.3 Å². The van der Waals surface area contributed by atoms with Gasteiger partial charge >= 0.3 is 0 Å². The summed E-state index contributed by atoms with van der Waals surface area (Å²) in [6.07, 6.45) is 0. The van der Waals surface area contributed by atoms with E-state index in [1.807, 2.05) is 44.2 Å². The smallest absolute Gasteiger partial charge is 0.256 e. The fraction of sp³-hybridized carbons (Fsp3) is 0.241. The van der Waals surface area contributed by atoms with E-state index in [9.17, 15) is 14.4 Å². The molecule has 200 valence electrons. The van der Waals surface area contributed by atoms with Gasteiger partial charge in [0.25, 0.3) is 11.8 Å². The van der Waals surface area contributed by atoms with E-state index in [0.29, 0.717) is 43.1 Å². The maximum atomic E-state index is 13.2. The molecule has 4 aromatic rings. The van der Waals surface area contributed by atoms with Crippen LogP contribution in [0, 0.1) is 13.8 Å². The van der Waals surface area contributed by atoms with Crippen molar-refractivity contribution in [3.05, 3.63) is 82.9 Å². The van der Waals surface area contributed by atoms with Crippen molar-refractivity contribution >= 4 is 62.4 Å². The van der Waals surface area contributed by atoms with Crippen molar-refractivity contribution in [1.82, 2.24) is 9.88 Å². The molecule has 0 spiro atoms. The number of nitrogens with zero attached hydrogens (tertiary/aromatic N) is 2. The molecule has 1 aliphatic heterocycles. The lowest BCUT2D eigenvalue weighted by Crippen LogP contribution is -2.41. The summed E-state index contributed by atoms with van der Waals surface area (Å²) >= 11 is 2.83. The van der Waals surface area contributed by atoms with Crippen LogP contribution in [-0.2, 0) is 9.53 Å². The number of aromatic nitrogens is 1. The normalized spacial score (nSPS) is 13.3. The monoisotopic (exact) mass is 560 g/mol. The highest BCUT2D eigenvalue weighted by Gasteiger charge is 2.23. The predicted octanol–water partition coefficient (Wildman–Crippen LogP) is 5.37. The number of hydrogen-bond acceptors (Lipinski definition) is 7. The molecule has 10 heteroatoms. The van der Waals surface area contributed by atoms with Gasteiger partial charge in [-0.1, -0.05) is 30.0 Å². The SMILES string of the molecule is Cc1ccc(NC(=O)CSc2nc3ccc(NC(=O)c4ccccc4C(=O)N4CCOCC4)cc3s2)cc1C. The Hall–Kier alpha value is -3.73. The van der Waals surface area contributed by atoms with Crippen LogP contribution < -0.4 is 10.6 Å². The lowest BCUT2D eigenvalue weighted by molar-refractivity contribution is -0.113. The van der Waals surface area contributed by atoms with E-state index in [1.165, 1.54) is 28.7 Å². The molecule has 8 nitrogen and oxygen atoms in total. The number of amides is 3. The van der Waals surface area contributed by atoms with Gasteiger partial charge in [0, 0.05) is 24.5 Å². The van der Waals surface area contributed by atoms with E-state index in [2.05, 4.69) is 15.6 Å². The Balaban J connectivity index is 1.23. The first-order valence-electron chi connectivity index (χ1n) is 12.6. The summed E-state index contributed by atoms with van der Waals surface area (Å²) < 4.78 is 7.00. The quantitative estimate of drug-likeness (QED) is 0.295. The zero-order valence-electron chi connectivity index (χ0n) is 21.7. The van der Waals surface area contributed by atoms with E-state index in [0.717, 1.165) is 25.8 Å². The number of carbonyl (C=O) groups is 3. The number of fused-ring (bicyclic) bond motifs is 1. The molecule has 39 heavy (non-hydrogen) atoms. The second kappa shape index (κ2) is 12.0. The second-order valence-electron chi connectivity index (χ2n) is 9.20. The minimum atomic E-state index is -0.353. The van der Waals surface area contributed by atoms with Gasteiger partial charge in [-0.25, -0.2) is 4.98 Å². The van der Waals surface area contributed by atoms with Crippen molar-refractivity contribution in [3.8, 4) is 0 Å². The van der Waals surface area contributed by atoms with Crippen molar-refractivity contribution in [1.29, 1.82) is 0 Å². The van der Waals surface area contributed by atoms with Gasteiger partial charge in [-0.15, -0.1) is 11.3 Å². The Morgan fingerprint density at radius 1 is 0.923 bits per heavy atom. The molecule has 0 saturated carbocycles. The van der Waals surface area contributed by atoms with Crippen LogP contribution in [0.4, 0.5) is 11.4 Å². The number of aryl methyl sites for hydroxylation is 2. The first-order valence-corrected chi connectivity index (χ1v) is 14.4. The third-order valence-electron chi connectivity index (χ3n) is 6.44. The zero-order chi connectivity index (χ0) is 27.4. The van der Waals surface area contributed by atoms with Crippen LogP contribution >= 0.6 is 23.1 Å². The molecule has 2 heterocycles. The zero-order valence-corrected chi connectivity index (χ0v) is 23.3. The van der Waals surface area contributed by atoms with E-state index in [4.69, 9.17) is 4.74 Å². The molecule has 0 bridgehead atoms. The Morgan fingerprint density at radius 2 is 1.64 bits per heavy atom. The van der Waals surface area contributed by atoms with Gasteiger partial charge in [-0.3, -0.25) is 14.4 Å². The summed E-state index contributed by atoms with van der Waals surface area (Å²) in [4.78, 5) is 45.0. The van der Waals surface area contributed by atoms with Crippen LogP contribution in [0.3, 0.4) is 0 Å². The van der Waals surface area contributed by atoms with Crippen molar-refractivity contribution in [3.63, 3.8) is 0 Å². The Bertz CT molecular complexity index is 1550. The van der Waals surface area contributed by atoms with Crippen molar-refractivity contribution < 1.29 is 19.1 Å². The molecule has 0 radical (unpaired) electrons. The maximum absolute atomic E-state index is 13.2. The third kappa shape index (κ3) is 6.47. The average Bonchev–Trinajstić information content (AvgIpc) is 3.36. The number of benzene rings is 3. The number of ether oxygens (including phenoxy) is 1. The predicted molar refractivity (Wildman–Crippen MR) is 156 cm³/mol. The molecule has 5 rings (SSSR count). The van der Waals surface area contributed by atoms with E-state index in [1.54, 1.807) is 35.2 Å². The molecule has 3 amide bonds. The van der Waals surface area contributed by atoms with Gasteiger partial charge in [0.05, 0.1) is 40.3 Å². The number of thiazole rings is 1. The van der Waals surface area contributed by atoms with Gasteiger partial charge in [0.2, 0.25) is 5.91 Å². The third-order valence-corrected chi connectivity index (χ3v) is 8.61. The summed E-state index contributed by atoms with van der Waals surface area (Å²) in [6.45, 7) is 6.04. The fourth-order valence-corrected chi connectivity index (χ4v) is 6.10. The van der Waals surface area contributed by atoms with Gasteiger partial charge in [-0.05, 0) is 67.4 Å². The molecule has 0 aliphatic carbocycles. The number of carbonyl (C=O) groups excluding carboxylic acids is 3. The van der Waals surface area contributed by atoms with Crippen molar-refractivity contribution in [2.75, 3.05) is 42.7 Å². The van der Waals surface area contributed by atoms with Crippen molar-refractivity contribution in [2.24, 2.45) is 0 Å². The molecule has 2 N–H and O–H groups in total. The fourth-order valence-electron chi connectivity index (χ4n) is 4.19. The lowest BCUT2D eigenvalue weighted by atomic mass is 10.0. The molecule has 1 aliphatic rings. The highest BCUT2D eigenvalue weighted by Crippen LogP contribution is 2.31. The number of hydrogen-bond donors (Lipinski definition) is 2. The van der Waals surface area contributed by atoms with Crippen LogP contribution in [0.2, 0.25) is 0 Å². The molecule has 1 saturated heterocycles. The first kappa shape index (κ1) is 26.9. The van der Waals surface area contributed by atoms with Gasteiger partial charge in [-0.2, -0.15) is 0 Å². The number of morpholine rings is 1. The van der Waals surface area contributed by atoms with Crippen LogP contribution in [0.15, 0.2) is 65.0 Å².